The average Bonchev–Trinajstić information content (AvgIpc) is 2.57. The number of para-hydroxylation sites is 1. The van der Waals surface area contributed by atoms with Gasteiger partial charge in [-0.2, -0.15) is 0 Å². The van der Waals surface area contributed by atoms with Crippen LogP contribution in [0, 0.1) is 11.8 Å². The molecule has 2 atom stereocenters. The zero-order valence-corrected chi connectivity index (χ0v) is 15.9. The molecule has 0 saturated heterocycles. The molecule has 1 heterocycles. The van der Waals surface area contributed by atoms with E-state index in [4.69, 9.17) is 0 Å². The van der Waals surface area contributed by atoms with Crippen molar-refractivity contribution in [2.24, 2.45) is 11.8 Å². The van der Waals surface area contributed by atoms with Crippen molar-refractivity contribution < 1.29 is 14.7 Å². The molecule has 0 aliphatic heterocycles. The molecule has 2 aromatic rings. The molecule has 1 amide bonds. The van der Waals surface area contributed by atoms with E-state index in [2.05, 4.69) is 10.3 Å². The number of carboxylic acid groups (broad SMARTS) is 1. The van der Waals surface area contributed by atoms with E-state index in [-0.39, 0.29) is 23.6 Å². The molecule has 8 nitrogen and oxygen atoms in total. The smallest absolute Gasteiger partial charge is 0.329 e. The lowest BCUT2D eigenvalue weighted by molar-refractivity contribution is -0.143. The van der Waals surface area contributed by atoms with E-state index in [1.807, 2.05) is 13.8 Å². The summed E-state index contributed by atoms with van der Waals surface area (Å²) in [6, 6.07) is 4.33. The maximum absolute atomic E-state index is 12.9. The third kappa shape index (κ3) is 4.45. The standard InChI is InChI=1S/C19H25N3O5/c1-10(2)9-14(16(23)21-15(11(3)4)18(25)26)22-17(24)12-7-5-6-8-13(12)20-19(22)27/h5-8,10-11,14-15H,9H2,1-4H3,(H,20,27)(H,21,23)(H,25,26)/t14-,15+/m0/s1. The minimum absolute atomic E-state index is 0.000786. The van der Waals surface area contributed by atoms with Crippen molar-refractivity contribution in [2.75, 3.05) is 0 Å². The Morgan fingerprint density at radius 2 is 1.78 bits per heavy atom. The summed E-state index contributed by atoms with van der Waals surface area (Å²) in [4.78, 5) is 52.3. The molecule has 0 unspecified atom stereocenters. The fraction of sp³-hybridized carbons (Fsp3) is 0.474. The third-order valence-electron chi connectivity index (χ3n) is 4.38. The molecular formula is C19H25N3O5. The van der Waals surface area contributed by atoms with Gasteiger partial charge in [-0.3, -0.25) is 9.59 Å². The van der Waals surface area contributed by atoms with Crippen LogP contribution < -0.4 is 16.6 Å². The van der Waals surface area contributed by atoms with Crippen LogP contribution in [0.3, 0.4) is 0 Å². The number of carboxylic acids is 1. The summed E-state index contributed by atoms with van der Waals surface area (Å²) in [5.41, 5.74) is -0.888. The Kier molecular flexibility index (Phi) is 6.20. The normalized spacial score (nSPS) is 13.7. The molecule has 146 valence electrons. The van der Waals surface area contributed by atoms with Gasteiger partial charge in [-0.1, -0.05) is 39.8 Å². The first-order valence-electron chi connectivity index (χ1n) is 8.90. The molecular weight excluding hydrogens is 350 g/mol. The van der Waals surface area contributed by atoms with Crippen LogP contribution in [0.1, 0.15) is 40.2 Å². The third-order valence-corrected chi connectivity index (χ3v) is 4.38. The van der Waals surface area contributed by atoms with Crippen LogP contribution in [0.15, 0.2) is 33.9 Å². The van der Waals surface area contributed by atoms with Gasteiger partial charge in [0.1, 0.15) is 12.1 Å². The number of H-pyrrole nitrogens is 1. The Hall–Kier alpha value is -2.90. The van der Waals surface area contributed by atoms with E-state index in [0.29, 0.717) is 5.52 Å². The Morgan fingerprint density at radius 3 is 2.33 bits per heavy atom. The minimum Gasteiger partial charge on any atom is -0.480 e. The quantitative estimate of drug-likeness (QED) is 0.677. The zero-order chi connectivity index (χ0) is 20.3. The fourth-order valence-electron chi connectivity index (χ4n) is 3.00. The van der Waals surface area contributed by atoms with Gasteiger partial charge in [0.15, 0.2) is 0 Å². The lowest BCUT2D eigenvalue weighted by Gasteiger charge is -2.24. The van der Waals surface area contributed by atoms with Crippen molar-refractivity contribution in [3.63, 3.8) is 0 Å². The SMILES string of the molecule is CC(C)C[C@@H](C(=O)N[C@@H](C(=O)O)C(C)C)n1c(=O)[nH]c2ccccc2c1=O. The van der Waals surface area contributed by atoms with E-state index < -0.39 is 35.2 Å². The van der Waals surface area contributed by atoms with Crippen molar-refractivity contribution in [3.05, 3.63) is 45.1 Å². The number of nitrogens with one attached hydrogen (secondary N) is 2. The number of aromatic nitrogens is 2. The molecule has 0 aliphatic rings. The molecule has 1 aromatic heterocycles. The number of hydrogen-bond acceptors (Lipinski definition) is 4. The first-order chi connectivity index (χ1) is 12.6. The van der Waals surface area contributed by atoms with Crippen LogP contribution in [-0.2, 0) is 9.59 Å². The summed E-state index contributed by atoms with van der Waals surface area (Å²) in [5.74, 6) is -2.17. The van der Waals surface area contributed by atoms with E-state index in [9.17, 15) is 24.3 Å². The maximum Gasteiger partial charge on any atom is 0.329 e. The van der Waals surface area contributed by atoms with Gasteiger partial charge >= 0.3 is 11.7 Å². The second-order valence-electron chi connectivity index (χ2n) is 7.36. The van der Waals surface area contributed by atoms with Crippen LogP contribution in [0.2, 0.25) is 0 Å². The first-order valence-corrected chi connectivity index (χ1v) is 8.90. The largest absolute Gasteiger partial charge is 0.480 e. The second-order valence-corrected chi connectivity index (χ2v) is 7.36. The summed E-state index contributed by atoms with van der Waals surface area (Å²) >= 11 is 0. The fourth-order valence-corrected chi connectivity index (χ4v) is 3.00. The molecule has 0 aliphatic carbocycles. The molecule has 2 rings (SSSR count). The maximum atomic E-state index is 12.9. The zero-order valence-electron chi connectivity index (χ0n) is 15.9. The second kappa shape index (κ2) is 8.20. The summed E-state index contributed by atoms with van der Waals surface area (Å²) in [6.45, 7) is 7.06. The molecule has 27 heavy (non-hydrogen) atoms. The summed E-state index contributed by atoms with van der Waals surface area (Å²) in [7, 11) is 0. The molecule has 8 heteroatoms. The van der Waals surface area contributed by atoms with E-state index in [1.54, 1.807) is 38.1 Å². The Bertz CT molecular complexity index is 958. The molecule has 0 fully saturated rings. The number of aliphatic carboxylic acids is 1. The predicted octanol–water partition coefficient (Wildman–Crippen LogP) is 1.50. The van der Waals surface area contributed by atoms with Crippen molar-refractivity contribution in [1.82, 2.24) is 14.9 Å². The van der Waals surface area contributed by atoms with Gasteiger partial charge in [-0.25, -0.2) is 14.2 Å². The highest BCUT2D eigenvalue weighted by molar-refractivity contribution is 5.86. The van der Waals surface area contributed by atoms with Crippen molar-refractivity contribution in [2.45, 2.75) is 46.2 Å². The topological polar surface area (TPSA) is 121 Å². The lowest BCUT2D eigenvalue weighted by Crippen LogP contribution is -2.50. The van der Waals surface area contributed by atoms with E-state index in [0.717, 1.165) is 4.57 Å². The van der Waals surface area contributed by atoms with Crippen LogP contribution in [0.25, 0.3) is 10.9 Å². The van der Waals surface area contributed by atoms with Gasteiger partial charge in [0.05, 0.1) is 10.9 Å². The summed E-state index contributed by atoms with van der Waals surface area (Å²) < 4.78 is 0.886. The highest BCUT2D eigenvalue weighted by Gasteiger charge is 2.30. The molecule has 3 N–H and O–H groups in total. The summed E-state index contributed by atoms with van der Waals surface area (Å²) in [6.07, 6.45) is 0.220. The summed E-state index contributed by atoms with van der Waals surface area (Å²) in [5, 5.41) is 12.1. The highest BCUT2D eigenvalue weighted by Crippen LogP contribution is 2.17. The van der Waals surface area contributed by atoms with Crippen LogP contribution >= 0.6 is 0 Å². The number of nitrogens with zero attached hydrogens (tertiary/aromatic N) is 1. The van der Waals surface area contributed by atoms with Crippen molar-refractivity contribution in [1.29, 1.82) is 0 Å². The number of carbonyl (C=O) groups excluding carboxylic acids is 1. The number of fused-ring (bicyclic) bond motifs is 1. The van der Waals surface area contributed by atoms with Crippen molar-refractivity contribution >= 4 is 22.8 Å². The van der Waals surface area contributed by atoms with Crippen LogP contribution in [0.4, 0.5) is 0 Å². The van der Waals surface area contributed by atoms with E-state index in [1.165, 1.54) is 0 Å². The van der Waals surface area contributed by atoms with Gasteiger partial charge in [0.2, 0.25) is 5.91 Å². The number of carbonyl (C=O) groups is 2. The number of hydrogen-bond donors (Lipinski definition) is 3. The highest BCUT2D eigenvalue weighted by atomic mass is 16.4. The van der Waals surface area contributed by atoms with Crippen LogP contribution in [0.5, 0.6) is 0 Å². The van der Waals surface area contributed by atoms with Gasteiger partial charge < -0.3 is 15.4 Å². The van der Waals surface area contributed by atoms with Gasteiger partial charge in [0, 0.05) is 0 Å². The van der Waals surface area contributed by atoms with Gasteiger partial charge in [0.25, 0.3) is 5.56 Å². The first kappa shape index (κ1) is 20.4. The number of rotatable bonds is 7. The monoisotopic (exact) mass is 375 g/mol. The minimum atomic E-state index is -1.17. The number of amides is 1. The molecule has 1 aromatic carbocycles. The van der Waals surface area contributed by atoms with E-state index >= 15 is 0 Å². The van der Waals surface area contributed by atoms with Gasteiger partial charge in [-0.05, 0) is 30.4 Å². The Morgan fingerprint density at radius 1 is 1.15 bits per heavy atom. The number of benzene rings is 1. The predicted molar refractivity (Wildman–Crippen MR) is 102 cm³/mol. The number of aromatic amines is 1. The molecule has 0 bridgehead atoms. The molecule has 0 saturated carbocycles. The van der Waals surface area contributed by atoms with Crippen LogP contribution in [-0.4, -0.2) is 32.6 Å². The lowest BCUT2D eigenvalue weighted by atomic mass is 10.00. The Labute approximate surface area is 156 Å². The van der Waals surface area contributed by atoms with Crippen molar-refractivity contribution in [3.8, 4) is 0 Å². The van der Waals surface area contributed by atoms with Gasteiger partial charge in [-0.15, -0.1) is 0 Å². The average molecular weight is 375 g/mol. The Balaban J connectivity index is 2.56. The molecule has 0 radical (unpaired) electrons. The molecule has 0 spiro atoms.